The summed E-state index contributed by atoms with van der Waals surface area (Å²) in [6, 6.07) is 3.45. The van der Waals surface area contributed by atoms with Gasteiger partial charge in [0.25, 0.3) is 0 Å². The second kappa shape index (κ2) is 5.11. The number of rotatable bonds is 2. The Morgan fingerprint density at radius 2 is 1.90 bits per heavy atom. The molecule has 0 radical (unpaired) electrons. The van der Waals surface area contributed by atoms with E-state index in [0.717, 1.165) is 37.4 Å². The van der Waals surface area contributed by atoms with Gasteiger partial charge in [-0.05, 0) is 19.8 Å². The lowest BCUT2D eigenvalue weighted by atomic mass is 10.2. The highest BCUT2D eigenvalue weighted by molar-refractivity contribution is 5.87. The van der Waals surface area contributed by atoms with E-state index < -0.39 is 5.97 Å². The molecule has 0 bridgehead atoms. The summed E-state index contributed by atoms with van der Waals surface area (Å²) < 4.78 is 1.76. The van der Waals surface area contributed by atoms with Gasteiger partial charge in [0.15, 0.2) is 11.3 Å². The van der Waals surface area contributed by atoms with Crippen molar-refractivity contribution < 1.29 is 9.90 Å². The third-order valence-corrected chi connectivity index (χ3v) is 3.68. The maximum absolute atomic E-state index is 11.2. The summed E-state index contributed by atoms with van der Waals surface area (Å²) in [6.07, 6.45) is 4.72. The fraction of sp³-hybridized carbons (Fsp3) is 0.500. The average molecular weight is 274 g/mol. The van der Waals surface area contributed by atoms with E-state index in [1.54, 1.807) is 10.6 Å². The Morgan fingerprint density at radius 1 is 1.20 bits per heavy atom. The number of fused-ring (bicyclic) bond motifs is 1. The number of aromatic nitrogens is 3. The highest BCUT2D eigenvalue weighted by atomic mass is 16.4. The van der Waals surface area contributed by atoms with Gasteiger partial charge < -0.3 is 10.0 Å². The number of hydrogen-bond acceptors (Lipinski definition) is 4. The fourth-order valence-corrected chi connectivity index (χ4v) is 2.71. The van der Waals surface area contributed by atoms with Crippen molar-refractivity contribution in [3.8, 4) is 0 Å². The van der Waals surface area contributed by atoms with Crippen molar-refractivity contribution in [2.45, 2.75) is 32.6 Å². The maximum atomic E-state index is 11.2. The van der Waals surface area contributed by atoms with Crippen LogP contribution in [0.25, 0.3) is 5.65 Å². The molecule has 6 nitrogen and oxygen atoms in total. The summed E-state index contributed by atoms with van der Waals surface area (Å²) in [4.78, 5) is 17.6. The number of hydrogen-bond donors (Lipinski definition) is 1. The second-order valence-corrected chi connectivity index (χ2v) is 5.26. The topological polar surface area (TPSA) is 70.7 Å². The number of carboxylic acids is 1. The summed E-state index contributed by atoms with van der Waals surface area (Å²) in [5, 5.41) is 13.7. The first kappa shape index (κ1) is 12.9. The molecule has 0 amide bonds. The van der Waals surface area contributed by atoms with Crippen LogP contribution in [0, 0.1) is 6.92 Å². The van der Waals surface area contributed by atoms with Crippen LogP contribution in [0.2, 0.25) is 0 Å². The number of anilines is 1. The van der Waals surface area contributed by atoms with Gasteiger partial charge in [-0.2, -0.15) is 9.61 Å². The Morgan fingerprint density at radius 3 is 2.55 bits per heavy atom. The van der Waals surface area contributed by atoms with Crippen LogP contribution in [0.3, 0.4) is 0 Å². The van der Waals surface area contributed by atoms with Crippen LogP contribution in [-0.4, -0.2) is 38.8 Å². The van der Waals surface area contributed by atoms with E-state index in [1.807, 2.05) is 13.0 Å². The smallest absolute Gasteiger partial charge is 0.354 e. The van der Waals surface area contributed by atoms with Crippen molar-refractivity contribution in [3.63, 3.8) is 0 Å². The Hall–Kier alpha value is -2.11. The molecular weight excluding hydrogens is 256 g/mol. The zero-order valence-corrected chi connectivity index (χ0v) is 11.5. The predicted octanol–water partition coefficient (Wildman–Crippen LogP) is 2.12. The van der Waals surface area contributed by atoms with Crippen LogP contribution in [0.1, 0.15) is 41.9 Å². The van der Waals surface area contributed by atoms with Gasteiger partial charge in [-0.1, -0.05) is 12.8 Å². The third kappa shape index (κ3) is 2.33. The van der Waals surface area contributed by atoms with Crippen LogP contribution in [0.15, 0.2) is 12.1 Å². The van der Waals surface area contributed by atoms with Crippen molar-refractivity contribution in [3.05, 3.63) is 23.5 Å². The molecule has 0 unspecified atom stereocenters. The molecule has 2 aromatic heterocycles. The lowest BCUT2D eigenvalue weighted by Gasteiger charge is -2.23. The van der Waals surface area contributed by atoms with Gasteiger partial charge in [0, 0.05) is 25.2 Å². The SMILES string of the molecule is Cc1cc2nc(C(=O)O)cc(N3CCCCCC3)n2n1. The van der Waals surface area contributed by atoms with E-state index in [2.05, 4.69) is 15.0 Å². The van der Waals surface area contributed by atoms with Gasteiger partial charge in [-0.25, -0.2) is 9.78 Å². The normalized spacial score (nSPS) is 16.4. The molecule has 3 heterocycles. The average Bonchev–Trinajstić information content (AvgIpc) is 2.63. The monoisotopic (exact) mass is 274 g/mol. The van der Waals surface area contributed by atoms with Gasteiger partial charge in [-0.15, -0.1) is 0 Å². The molecule has 1 aliphatic rings. The lowest BCUT2D eigenvalue weighted by molar-refractivity contribution is 0.0690. The molecule has 3 rings (SSSR count). The molecule has 0 spiro atoms. The molecule has 0 saturated carbocycles. The van der Waals surface area contributed by atoms with Gasteiger partial charge >= 0.3 is 5.97 Å². The zero-order valence-electron chi connectivity index (χ0n) is 11.5. The number of aromatic carboxylic acids is 1. The summed E-state index contributed by atoms with van der Waals surface area (Å²) >= 11 is 0. The van der Waals surface area contributed by atoms with E-state index in [-0.39, 0.29) is 5.69 Å². The van der Waals surface area contributed by atoms with Gasteiger partial charge in [0.2, 0.25) is 0 Å². The van der Waals surface area contributed by atoms with Crippen LogP contribution in [-0.2, 0) is 0 Å². The Kier molecular flexibility index (Phi) is 3.30. The minimum atomic E-state index is -0.998. The molecule has 0 atom stereocenters. The van der Waals surface area contributed by atoms with Crippen molar-refractivity contribution in [2.24, 2.45) is 0 Å². The summed E-state index contributed by atoms with van der Waals surface area (Å²) in [5.74, 6) is -0.162. The molecule has 106 valence electrons. The van der Waals surface area contributed by atoms with Crippen molar-refractivity contribution in [1.29, 1.82) is 0 Å². The predicted molar refractivity (Wildman–Crippen MR) is 75.4 cm³/mol. The van der Waals surface area contributed by atoms with E-state index in [0.29, 0.717) is 5.65 Å². The Labute approximate surface area is 117 Å². The van der Waals surface area contributed by atoms with Crippen LogP contribution >= 0.6 is 0 Å². The Balaban J connectivity index is 2.12. The quantitative estimate of drug-likeness (QED) is 0.908. The molecule has 6 heteroatoms. The second-order valence-electron chi connectivity index (χ2n) is 5.26. The summed E-state index contributed by atoms with van der Waals surface area (Å²) in [7, 11) is 0. The first-order valence-electron chi connectivity index (χ1n) is 7.01. The van der Waals surface area contributed by atoms with Crippen LogP contribution < -0.4 is 4.90 Å². The number of nitrogens with zero attached hydrogens (tertiary/aromatic N) is 4. The first-order chi connectivity index (χ1) is 9.65. The minimum absolute atomic E-state index is 0.0802. The van der Waals surface area contributed by atoms with Gasteiger partial charge in [-0.3, -0.25) is 0 Å². The fourth-order valence-electron chi connectivity index (χ4n) is 2.71. The third-order valence-electron chi connectivity index (χ3n) is 3.68. The van der Waals surface area contributed by atoms with E-state index in [9.17, 15) is 9.90 Å². The molecule has 0 aliphatic carbocycles. The van der Waals surface area contributed by atoms with Gasteiger partial charge in [0.05, 0.1) is 5.69 Å². The highest BCUT2D eigenvalue weighted by Gasteiger charge is 2.18. The van der Waals surface area contributed by atoms with Crippen molar-refractivity contribution in [2.75, 3.05) is 18.0 Å². The Bertz CT molecular complexity index is 642. The molecular formula is C14H18N4O2. The van der Waals surface area contributed by atoms with E-state index >= 15 is 0 Å². The molecule has 20 heavy (non-hydrogen) atoms. The standard InChI is InChI=1S/C14H18N4O2/c1-10-8-12-15-11(14(19)20)9-13(18(12)16-10)17-6-4-2-3-5-7-17/h8-9H,2-7H2,1H3,(H,19,20). The minimum Gasteiger partial charge on any atom is -0.477 e. The van der Waals surface area contributed by atoms with Crippen molar-refractivity contribution >= 4 is 17.4 Å². The van der Waals surface area contributed by atoms with Gasteiger partial charge in [0.1, 0.15) is 5.82 Å². The van der Waals surface area contributed by atoms with E-state index in [4.69, 9.17) is 0 Å². The zero-order chi connectivity index (χ0) is 14.1. The highest BCUT2D eigenvalue weighted by Crippen LogP contribution is 2.22. The van der Waals surface area contributed by atoms with E-state index in [1.165, 1.54) is 12.8 Å². The summed E-state index contributed by atoms with van der Waals surface area (Å²) in [5.41, 5.74) is 1.52. The molecule has 2 aromatic rings. The molecule has 0 aromatic carbocycles. The molecule has 1 aliphatic heterocycles. The lowest BCUT2D eigenvalue weighted by Crippen LogP contribution is -2.27. The first-order valence-corrected chi connectivity index (χ1v) is 7.01. The molecule has 1 saturated heterocycles. The molecule has 1 N–H and O–H groups in total. The van der Waals surface area contributed by atoms with Crippen LogP contribution in [0.4, 0.5) is 5.82 Å². The number of carbonyl (C=O) groups is 1. The number of aryl methyl sites for hydroxylation is 1. The largest absolute Gasteiger partial charge is 0.477 e. The number of carboxylic acid groups (broad SMARTS) is 1. The molecule has 1 fully saturated rings. The maximum Gasteiger partial charge on any atom is 0.354 e. The van der Waals surface area contributed by atoms with Crippen LogP contribution in [0.5, 0.6) is 0 Å². The summed E-state index contributed by atoms with van der Waals surface area (Å²) in [6.45, 7) is 3.77. The van der Waals surface area contributed by atoms with Crippen molar-refractivity contribution in [1.82, 2.24) is 14.6 Å².